The van der Waals surface area contributed by atoms with Crippen molar-refractivity contribution in [3.63, 3.8) is 0 Å². The summed E-state index contributed by atoms with van der Waals surface area (Å²) < 4.78 is 2.34. The molecular formula is C18H19Br2N. The maximum atomic E-state index is 3.60. The molecule has 1 aliphatic heterocycles. The van der Waals surface area contributed by atoms with Gasteiger partial charge in [-0.25, -0.2) is 0 Å². The lowest BCUT2D eigenvalue weighted by Crippen LogP contribution is -2.34. The normalized spacial score (nSPS) is 22.2. The zero-order valence-electron chi connectivity index (χ0n) is 12.1. The van der Waals surface area contributed by atoms with Gasteiger partial charge in [0.2, 0.25) is 0 Å². The number of hydrogen-bond acceptors (Lipinski definition) is 1. The quantitative estimate of drug-likeness (QED) is 0.703. The Morgan fingerprint density at radius 2 is 1.67 bits per heavy atom. The van der Waals surface area contributed by atoms with Crippen molar-refractivity contribution in [3.05, 3.63) is 68.1 Å². The molecule has 0 spiro atoms. The Bertz CT molecular complexity index is 622. The second kappa shape index (κ2) is 6.64. The SMILES string of the molecule is Cc1cc(C2CCNCC2c2ccc(Br)cc2)ccc1Br. The van der Waals surface area contributed by atoms with Gasteiger partial charge >= 0.3 is 0 Å². The summed E-state index contributed by atoms with van der Waals surface area (Å²) in [6.07, 6.45) is 1.20. The van der Waals surface area contributed by atoms with Crippen molar-refractivity contribution < 1.29 is 0 Å². The summed E-state index contributed by atoms with van der Waals surface area (Å²) in [5, 5.41) is 3.55. The molecule has 0 bridgehead atoms. The van der Waals surface area contributed by atoms with E-state index in [0.29, 0.717) is 11.8 Å². The summed E-state index contributed by atoms with van der Waals surface area (Å²) in [5.41, 5.74) is 4.21. The third kappa shape index (κ3) is 3.41. The monoisotopic (exact) mass is 407 g/mol. The molecule has 1 aliphatic rings. The van der Waals surface area contributed by atoms with E-state index in [9.17, 15) is 0 Å². The van der Waals surface area contributed by atoms with Gasteiger partial charge in [0.1, 0.15) is 0 Å². The first kappa shape index (κ1) is 15.3. The first-order chi connectivity index (χ1) is 10.1. The lowest BCUT2D eigenvalue weighted by molar-refractivity contribution is 0.404. The molecule has 1 fully saturated rings. The number of aryl methyl sites for hydroxylation is 1. The van der Waals surface area contributed by atoms with Crippen molar-refractivity contribution in [1.82, 2.24) is 5.32 Å². The van der Waals surface area contributed by atoms with E-state index >= 15 is 0 Å². The number of piperidine rings is 1. The zero-order valence-corrected chi connectivity index (χ0v) is 15.2. The van der Waals surface area contributed by atoms with E-state index in [4.69, 9.17) is 0 Å². The van der Waals surface area contributed by atoms with E-state index in [-0.39, 0.29) is 0 Å². The average molecular weight is 409 g/mol. The highest BCUT2D eigenvalue weighted by atomic mass is 79.9. The molecule has 1 heterocycles. The molecule has 1 saturated heterocycles. The van der Waals surface area contributed by atoms with Crippen LogP contribution in [0.5, 0.6) is 0 Å². The molecule has 1 nitrogen and oxygen atoms in total. The van der Waals surface area contributed by atoms with Gasteiger partial charge in [-0.15, -0.1) is 0 Å². The van der Waals surface area contributed by atoms with Crippen LogP contribution in [-0.4, -0.2) is 13.1 Å². The molecule has 3 heteroatoms. The van der Waals surface area contributed by atoms with E-state index < -0.39 is 0 Å². The lowest BCUT2D eigenvalue weighted by atomic mass is 9.77. The van der Waals surface area contributed by atoms with Crippen molar-refractivity contribution in [2.75, 3.05) is 13.1 Å². The summed E-state index contributed by atoms with van der Waals surface area (Å²) in [5.74, 6) is 1.15. The summed E-state index contributed by atoms with van der Waals surface area (Å²) in [6, 6.07) is 15.6. The Hall–Kier alpha value is -0.640. The van der Waals surface area contributed by atoms with Crippen molar-refractivity contribution in [3.8, 4) is 0 Å². The third-order valence-corrected chi connectivity index (χ3v) is 5.81. The fourth-order valence-electron chi connectivity index (χ4n) is 3.22. The molecule has 21 heavy (non-hydrogen) atoms. The summed E-state index contributed by atoms with van der Waals surface area (Å²) in [6.45, 7) is 4.33. The topological polar surface area (TPSA) is 12.0 Å². The standard InChI is InChI=1S/C18H19Br2N/c1-12-10-14(4-7-18(12)20)16-8-9-21-11-17(16)13-2-5-15(19)6-3-13/h2-7,10,16-17,21H,8-9,11H2,1H3. The third-order valence-electron chi connectivity index (χ3n) is 4.39. The van der Waals surface area contributed by atoms with Crippen LogP contribution in [0.4, 0.5) is 0 Å². The van der Waals surface area contributed by atoms with Crippen LogP contribution in [-0.2, 0) is 0 Å². The number of halogens is 2. The molecule has 2 atom stereocenters. The highest BCUT2D eigenvalue weighted by molar-refractivity contribution is 9.10. The molecule has 2 unspecified atom stereocenters. The highest BCUT2D eigenvalue weighted by Gasteiger charge is 2.27. The largest absolute Gasteiger partial charge is 0.316 e. The lowest BCUT2D eigenvalue weighted by Gasteiger charge is -2.33. The molecule has 0 aliphatic carbocycles. The molecule has 0 saturated carbocycles. The minimum atomic E-state index is 0.549. The predicted octanol–water partition coefficient (Wildman–Crippen LogP) is 5.38. The van der Waals surface area contributed by atoms with Gasteiger partial charge in [0, 0.05) is 21.4 Å². The number of rotatable bonds is 2. The first-order valence-electron chi connectivity index (χ1n) is 7.37. The number of hydrogen-bond donors (Lipinski definition) is 1. The maximum Gasteiger partial charge on any atom is 0.0204 e. The van der Waals surface area contributed by atoms with Gasteiger partial charge < -0.3 is 5.32 Å². The predicted molar refractivity (Wildman–Crippen MR) is 96.0 cm³/mol. The van der Waals surface area contributed by atoms with Gasteiger partial charge in [-0.3, -0.25) is 0 Å². The minimum absolute atomic E-state index is 0.549. The van der Waals surface area contributed by atoms with E-state index in [1.54, 1.807) is 0 Å². The fourth-order valence-corrected chi connectivity index (χ4v) is 3.73. The van der Waals surface area contributed by atoms with E-state index in [2.05, 4.69) is 86.6 Å². The van der Waals surface area contributed by atoms with Crippen molar-refractivity contribution in [2.45, 2.75) is 25.2 Å². The van der Waals surface area contributed by atoms with Crippen molar-refractivity contribution in [2.24, 2.45) is 0 Å². The van der Waals surface area contributed by atoms with E-state index in [1.807, 2.05) is 0 Å². The Kier molecular flexibility index (Phi) is 4.82. The van der Waals surface area contributed by atoms with Crippen molar-refractivity contribution >= 4 is 31.9 Å². The summed E-state index contributed by atoms with van der Waals surface area (Å²) >= 11 is 7.13. The van der Waals surface area contributed by atoms with Crippen LogP contribution < -0.4 is 5.32 Å². The van der Waals surface area contributed by atoms with Gasteiger partial charge in [-0.1, -0.05) is 56.1 Å². The Labute approximate surface area is 143 Å². The highest BCUT2D eigenvalue weighted by Crippen LogP contribution is 2.38. The molecular weight excluding hydrogens is 390 g/mol. The average Bonchev–Trinajstić information content (AvgIpc) is 2.51. The van der Waals surface area contributed by atoms with Gasteiger partial charge in [-0.2, -0.15) is 0 Å². The zero-order chi connectivity index (χ0) is 14.8. The van der Waals surface area contributed by atoms with Gasteiger partial charge in [0.15, 0.2) is 0 Å². The Morgan fingerprint density at radius 1 is 0.952 bits per heavy atom. The molecule has 0 aromatic heterocycles. The molecule has 0 radical (unpaired) electrons. The van der Waals surface area contributed by atoms with Crippen LogP contribution in [0.25, 0.3) is 0 Å². The number of nitrogens with one attached hydrogen (secondary N) is 1. The summed E-state index contributed by atoms with van der Waals surface area (Å²) in [4.78, 5) is 0. The van der Waals surface area contributed by atoms with E-state index in [0.717, 1.165) is 17.6 Å². The molecule has 1 N–H and O–H groups in total. The van der Waals surface area contributed by atoms with Crippen LogP contribution in [0.1, 0.15) is 34.9 Å². The smallest absolute Gasteiger partial charge is 0.0204 e. The number of benzene rings is 2. The Balaban J connectivity index is 1.94. The molecule has 2 aromatic rings. The van der Waals surface area contributed by atoms with Crippen LogP contribution in [0, 0.1) is 6.92 Å². The van der Waals surface area contributed by atoms with Crippen LogP contribution in [0.3, 0.4) is 0 Å². The maximum absolute atomic E-state index is 3.60. The van der Waals surface area contributed by atoms with Crippen molar-refractivity contribution in [1.29, 1.82) is 0 Å². The van der Waals surface area contributed by atoms with Crippen LogP contribution >= 0.6 is 31.9 Å². The Morgan fingerprint density at radius 3 is 2.38 bits per heavy atom. The second-order valence-corrected chi connectivity index (χ2v) is 7.54. The van der Waals surface area contributed by atoms with Gasteiger partial charge in [-0.05, 0) is 60.7 Å². The molecule has 0 amide bonds. The van der Waals surface area contributed by atoms with Crippen LogP contribution in [0.15, 0.2) is 51.4 Å². The minimum Gasteiger partial charge on any atom is -0.316 e. The summed E-state index contributed by atoms with van der Waals surface area (Å²) in [7, 11) is 0. The fraction of sp³-hybridized carbons (Fsp3) is 0.333. The van der Waals surface area contributed by atoms with E-state index in [1.165, 1.54) is 27.6 Å². The molecule has 3 rings (SSSR count). The van der Waals surface area contributed by atoms with Gasteiger partial charge in [0.25, 0.3) is 0 Å². The molecule has 2 aromatic carbocycles. The first-order valence-corrected chi connectivity index (χ1v) is 8.96. The molecule has 110 valence electrons. The van der Waals surface area contributed by atoms with Crippen LogP contribution in [0.2, 0.25) is 0 Å². The second-order valence-electron chi connectivity index (χ2n) is 5.77. The van der Waals surface area contributed by atoms with Gasteiger partial charge in [0.05, 0.1) is 0 Å².